The van der Waals surface area contributed by atoms with Gasteiger partial charge in [0.05, 0.1) is 0 Å². The van der Waals surface area contributed by atoms with E-state index in [-0.39, 0.29) is 11.8 Å². The van der Waals surface area contributed by atoms with Gasteiger partial charge in [-0.25, -0.2) is 0 Å². The Bertz CT molecular complexity index is 527. The second kappa shape index (κ2) is 4.93. The van der Waals surface area contributed by atoms with Crippen LogP contribution < -0.4 is 10.1 Å². The molecule has 2 N–H and O–H groups in total. The summed E-state index contributed by atoms with van der Waals surface area (Å²) >= 11 is 0. The fraction of sp³-hybridized carbons (Fsp3) is 0.500. The molecule has 0 saturated heterocycles. The molecule has 0 spiro atoms. The molecule has 0 fully saturated rings. The van der Waals surface area contributed by atoms with E-state index < -0.39 is 0 Å². The molecule has 1 aromatic carbocycles. The van der Waals surface area contributed by atoms with Crippen molar-refractivity contribution in [2.24, 2.45) is 0 Å². The molecule has 2 aliphatic heterocycles. The van der Waals surface area contributed by atoms with Gasteiger partial charge in [0.15, 0.2) is 6.23 Å². The Labute approximate surface area is 119 Å². The lowest BCUT2D eigenvalue weighted by Gasteiger charge is -2.38. The van der Waals surface area contributed by atoms with Crippen LogP contribution in [0, 0.1) is 0 Å². The van der Waals surface area contributed by atoms with E-state index in [0.717, 1.165) is 42.6 Å². The lowest BCUT2D eigenvalue weighted by Crippen LogP contribution is -2.38. The van der Waals surface area contributed by atoms with Crippen LogP contribution in [-0.2, 0) is 11.2 Å². The van der Waals surface area contributed by atoms with Gasteiger partial charge in [-0.3, -0.25) is 0 Å². The van der Waals surface area contributed by atoms with Crippen molar-refractivity contribution >= 4 is 0 Å². The summed E-state index contributed by atoms with van der Waals surface area (Å²) in [5.41, 5.74) is 1.70. The number of benzene rings is 1. The average Bonchev–Trinajstić information content (AvgIpc) is 3.00. The van der Waals surface area contributed by atoms with E-state index in [1.807, 2.05) is 6.07 Å². The van der Waals surface area contributed by atoms with Gasteiger partial charge in [-0.1, -0.05) is 13.8 Å². The molecule has 0 amide bonds. The molecule has 0 bridgehead atoms. The molecule has 20 heavy (non-hydrogen) atoms. The van der Waals surface area contributed by atoms with Crippen LogP contribution in [0.2, 0.25) is 0 Å². The van der Waals surface area contributed by atoms with Gasteiger partial charge < -0.3 is 19.9 Å². The third-order valence-electron chi connectivity index (χ3n) is 4.49. The fourth-order valence-electron chi connectivity index (χ4n) is 2.99. The maximum atomic E-state index is 10.2. The third-order valence-corrected chi connectivity index (χ3v) is 4.49. The Balaban J connectivity index is 1.95. The van der Waals surface area contributed by atoms with Crippen LogP contribution in [0.5, 0.6) is 11.5 Å². The van der Waals surface area contributed by atoms with Crippen molar-refractivity contribution in [3.63, 3.8) is 0 Å². The van der Waals surface area contributed by atoms with Crippen LogP contribution in [0.3, 0.4) is 0 Å². The van der Waals surface area contributed by atoms with Crippen LogP contribution in [0.1, 0.15) is 50.5 Å². The van der Waals surface area contributed by atoms with Gasteiger partial charge in [0.25, 0.3) is 0 Å². The van der Waals surface area contributed by atoms with E-state index in [4.69, 9.17) is 9.47 Å². The normalized spacial score (nSPS) is 22.6. The standard InChI is InChI=1S/C16H21NO3/c1-3-16(4-2)6-5-12-13(18)9-11(10-14(12)20-16)15-17-7-8-19-15/h7-10,15,17-18H,3-6H2,1-2H3. The van der Waals surface area contributed by atoms with Crippen molar-refractivity contribution in [1.82, 2.24) is 5.32 Å². The first-order chi connectivity index (χ1) is 9.67. The summed E-state index contributed by atoms with van der Waals surface area (Å²) in [5, 5.41) is 13.3. The number of nitrogens with one attached hydrogen (secondary N) is 1. The summed E-state index contributed by atoms with van der Waals surface area (Å²) in [5.74, 6) is 1.10. The number of aromatic hydroxyl groups is 1. The number of hydrogen-bond acceptors (Lipinski definition) is 4. The molecule has 2 heterocycles. The van der Waals surface area contributed by atoms with Gasteiger partial charge in [-0.15, -0.1) is 0 Å². The highest BCUT2D eigenvalue weighted by Crippen LogP contribution is 2.42. The smallest absolute Gasteiger partial charge is 0.195 e. The summed E-state index contributed by atoms with van der Waals surface area (Å²) in [6, 6.07) is 3.75. The number of ether oxygens (including phenoxy) is 2. The minimum absolute atomic E-state index is 0.0969. The van der Waals surface area contributed by atoms with E-state index in [0.29, 0.717) is 5.75 Å². The van der Waals surface area contributed by atoms with E-state index in [9.17, 15) is 5.11 Å². The summed E-state index contributed by atoms with van der Waals surface area (Å²) in [6.07, 6.45) is 6.91. The second-order valence-corrected chi connectivity index (χ2v) is 5.49. The fourth-order valence-corrected chi connectivity index (χ4v) is 2.99. The molecule has 0 aromatic heterocycles. The molecule has 1 unspecified atom stereocenters. The quantitative estimate of drug-likeness (QED) is 0.888. The van der Waals surface area contributed by atoms with Crippen molar-refractivity contribution < 1.29 is 14.6 Å². The second-order valence-electron chi connectivity index (χ2n) is 5.49. The van der Waals surface area contributed by atoms with Crippen LogP contribution in [-0.4, -0.2) is 10.7 Å². The molecule has 0 radical (unpaired) electrons. The van der Waals surface area contributed by atoms with Crippen molar-refractivity contribution in [2.75, 3.05) is 0 Å². The van der Waals surface area contributed by atoms with Gasteiger partial charge in [-0.05, 0) is 37.8 Å². The molecule has 3 rings (SSSR count). The largest absolute Gasteiger partial charge is 0.508 e. The molecule has 2 aliphatic rings. The highest BCUT2D eigenvalue weighted by Gasteiger charge is 2.34. The number of fused-ring (bicyclic) bond motifs is 1. The predicted molar refractivity (Wildman–Crippen MR) is 76.5 cm³/mol. The minimum atomic E-state index is -0.241. The highest BCUT2D eigenvalue weighted by molar-refractivity contribution is 5.49. The number of rotatable bonds is 3. The number of phenolic OH excluding ortho intramolecular Hbond substituents is 1. The van der Waals surface area contributed by atoms with Crippen LogP contribution in [0.4, 0.5) is 0 Å². The SMILES string of the molecule is CCC1(CC)CCc2c(O)cc(C3NC=CO3)cc2O1. The lowest BCUT2D eigenvalue weighted by atomic mass is 9.86. The monoisotopic (exact) mass is 275 g/mol. The van der Waals surface area contributed by atoms with Gasteiger partial charge in [0.1, 0.15) is 23.4 Å². The minimum Gasteiger partial charge on any atom is -0.508 e. The van der Waals surface area contributed by atoms with Gasteiger partial charge in [0.2, 0.25) is 0 Å². The zero-order valence-corrected chi connectivity index (χ0v) is 12.0. The molecular formula is C16H21NO3. The Morgan fingerprint density at radius 3 is 2.80 bits per heavy atom. The Morgan fingerprint density at radius 1 is 1.35 bits per heavy atom. The van der Waals surface area contributed by atoms with Crippen molar-refractivity contribution in [1.29, 1.82) is 0 Å². The molecule has 1 atom stereocenters. The summed E-state index contributed by atoms with van der Waals surface area (Å²) in [6.45, 7) is 4.31. The first kappa shape index (κ1) is 13.2. The van der Waals surface area contributed by atoms with E-state index in [1.165, 1.54) is 0 Å². The van der Waals surface area contributed by atoms with Crippen LogP contribution >= 0.6 is 0 Å². The average molecular weight is 275 g/mol. The Morgan fingerprint density at radius 2 is 2.15 bits per heavy atom. The molecule has 108 valence electrons. The number of phenols is 1. The third kappa shape index (κ3) is 2.09. The van der Waals surface area contributed by atoms with Crippen molar-refractivity contribution in [3.05, 3.63) is 35.7 Å². The topological polar surface area (TPSA) is 50.7 Å². The Kier molecular flexibility index (Phi) is 3.24. The van der Waals surface area contributed by atoms with Crippen LogP contribution in [0.25, 0.3) is 0 Å². The molecular weight excluding hydrogens is 254 g/mol. The Hall–Kier alpha value is -1.84. The van der Waals surface area contributed by atoms with Crippen molar-refractivity contribution in [3.8, 4) is 11.5 Å². The summed E-state index contributed by atoms with van der Waals surface area (Å²) in [7, 11) is 0. The maximum Gasteiger partial charge on any atom is 0.195 e. The number of hydrogen-bond donors (Lipinski definition) is 2. The summed E-state index contributed by atoms with van der Waals surface area (Å²) in [4.78, 5) is 0. The molecule has 0 saturated carbocycles. The zero-order chi connectivity index (χ0) is 14.2. The lowest BCUT2D eigenvalue weighted by molar-refractivity contribution is 0.0371. The van der Waals surface area contributed by atoms with Crippen molar-refractivity contribution in [2.45, 2.75) is 51.4 Å². The first-order valence-electron chi connectivity index (χ1n) is 7.29. The molecule has 0 aliphatic carbocycles. The molecule has 4 nitrogen and oxygen atoms in total. The summed E-state index contributed by atoms with van der Waals surface area (Å²) < 4.78 is 11.7. The molecule has 4 heteroatoms. The first-order valence-corrected chi connectivity index (χ1v) is 7.29. The maximum absolute atomic E-state index is 10.2. The van der Waals surface area contributed by atoms with E-state index in [2.05, 4.69) is 19.2 Å². The van der Waals surface area contributed by atoms with Gasteiger partial charge in [-0.2, -0.15) is 0 Å². The molecule has 1 aromatic rings. The predicted octanol–water partition coefficient (Wildman–Crippen LogP) is 3.37. The van der Waals surface area contributed by atoms with E-state index in [1.54, 1.807) is 18.5 Å². The van der Waals surface area contributed by atoms with Crippen LogP contribution in [0.15, 0.2) is 24.6 Å². The highest BCUT2D eigenvalue weighted by atomic mass is 16.5. The van der Waals surface area contributed by atoms with Gasteiger partial charge in [0, 0.05) is 17.3 Å². The van der Waals surface area contributed by atoms with Gasteiger partial charge >= 0.3 is 0 Å². The van der Waals surface area contributed by atoms with E-state index >= 15 is 0 Å². The zero-order valence-electron chi connectivity index (χ0n) is 12.0.